The molecule has 1 aliphatic rings. The summed E-state index contributed by atoms with van der Waals surface area (Å²) in [5.41, 5.74) is 0.946. The van der Waals surface area contributed by atoms with E-state index in [2.05, 4.69) is 15.3 Å². The first-order valence-electron chi connectivity index (χ1n) is 8.37. The van der Waals surface area contributed by atoms with Gasteiger partial charge >= 0.3 is 6.09 Å². The van der Waals surface area contributed by atoms with Gasteiger partial charge in [-0.3, -0.25) is 0 Å². The topological polar surface area (TPSA) is 67.3 Å². The highest BCUT2D eigenvalue weighted by atomic mass is 35.5. The molecule has 1 amide bonds. The standard InChI is InChI=1S/C18H21FN4O2.ClH/c19-15-10-21-17(22-11-15)9-16-12-20-7-4-8-23(16)18(24)25-13-14-5-2-1-3-6-14;/h1-3,5-6,10-11,16,20H,4,7-9,12-13H2;1H. The van der Waals surface area contributed by atoms with E-state index in [-0.39, 0.29) is 31.1 Å². The molecule has 0 aliphatic carbocycles. The van der Waals surface area contributed by atoms with Crippen LogP contribution in [0.5, 0.6) is 0 Å². The summed E-state index contributed by atoms with van der Waals surface area (Å²) in [6.07, 6.45) is 3.24. The molecule has 3 rings (SSSR count). The number of carbonyl (C=O) groups is 1. The Labute approximate surface area is 158 Å². The molecule has 1 atom stereocenters. The molecule has 1 unspecified atom stereocenters. The largest absolute Gasteiger partial charge is 0.445 e. The highest BCUT2D eigenvalue weighted by Gasteiger charge is 2.27. The lowest BCUT2D eigenvalue weighted by molar-refractivity contribution is 0.0828. The fourth-order valence-electron chi connectivity index (χ4n) is 2.82. The number of carbonyl (C=O) groups excluding carboxylic acids is 1. The van der Waals surface area contributed by atoms with Gasteiger partial charge < -0.3 is 15.0 Å². The Balaban J connectivity index is 0.00000243. The van der Waals surface area contributed by atoms with Crippen molar-refractivity contribution >= 4 is 18.5 Å². The molecule has 1 saturated heterocycles. The van der Waals surface area contributed by atoms with Crippen LogP contribution in [0.4, 0.5) is 9.18 Å². The quantitative estimate of drug-likeness (QED) is 0.883. The molecule has 2 heterocycles. The minimum Gasteiger partial charge on any atom is -0.445 e. The fourth-order valence-corrected chi connectivity index (χ4v) is 2.82. The van der Waals surface area contributed by atoms with Crippen LogP contribution in [-0.2, 0) is 17.8 Å². The summed E-state index contributed by atoms with van der Waals surface area (Å²) >= 11 is 0. The molecule has 1 aromatic heterocycles. The monoisotopic (exact) mass is 380 g/mol. The van der Waals surface area contributed by atoms with Crippen molar-refractivity contribution in [3.63, 3.8) is 0 Å². The number of ether oxygens (including phenoxy) is 1. The Kier molecular flexibility index (Phi) is 7.74. The van der Waals surface area contributed by atoms with Gasteiger partial charge in [0.2, 0.25) is 0 Å². The third-order valence-electron chi connectivity index (χ3n) is 4.10. The van der Waals surface area contributed by atoms with E-state index in [4.69, 9.17) is 4.74 Å². The summed E-state index contributed by atoms with van der Waals surface area (Å²) in [7, 11) is 0. The first-order chi connectivity index (χ1) is 12.2. The van der Waals surface area contributed by atoms with E-state index in [1.54, 1.807) is 4.90 Å². The molecule has 1 aromatic carbocycles. The van der Waals surface area contributed by atoms with E-state index in [0.717, 1.165) is 30.9 Å². The van der Waals surface area contributed by atoms with Crippen molar-refractivity contribution in [3.05, 3.63) is 59.9 Å². The van der Waals surface area contributed by atoms with Crippen molar-refractivity contribution < 1.29 is 13.9 Å². The minimum absolute atomic E-state index is 0. The van der Waals surface area contributed by atoms with Gasteiger partial charge in [0.25, 0.3) is 0 Å². The van der Waals surface area contributed by atoms with E-state index in [0.29, 0.717) is 25.3 Å². The van der Waals surface area contributed by atoms with Crippen molar-refractivity contribution in [2.75, 3.05) is 19.6 Å². The maximum atomic E-state index is 13.0. The van der Waals surface area contributed by atoms with Crippen molar-refractivity contribution in [1.82, 2.24) is 20.2 Å². The van der Waals surface area contributed by atoms with Gasteiger partial charge in [-0.15, -0.1) is 12.4 Å². The summed E-state index contributed by atoms with van der Waals surface area (Å²) in [6, 6.07) is 9.45. The highest BCUT2D eigenvalue weighted by Crippen LogP contribution is 2.12. The lowest BCUT2D eigenvalue weighted by Gasteiger charge is -2.28. The van der Waals surface area contributed by atoms with Gasteiger partial charge in [-0.05, 0) is 18.5 Å². The Morgan fingerprint density at radius 1 is 1.27 bits per heavy atom. The van der Waals surface area contributed by atoms with Crippen LogP contribution >= 0.6 is 12.4 Å². The molecule has 1 fully saturated rings. The van der Waals surface area contributed by atoms with Gasteiger partial charge in [-0.2, -0.15) is 0 Å². The smallest absolute Gasteiger partial charge is 0.410 e. The third-order valence-corrected chi connectivity index (χ3v) is 4.10. The van der Waals surface area contributed by atoms with Crippen LogP contribution in [0.1, 0.15) is 17.8 Å². The van der Waals surface area contributed by atoms with E-state index in [1.165, 1.54) is 0 Å². The SMILES string of the molecule is Cl.O=C(OCc1ccccc1)N1CCCNCC1Cc1ncc(F)cn1. The number of halogens is 2. The third kappa shape index (κ3) is 5.64. The maximum absolute atomic E-state index is 13.0. The van der Waals surface area contributed by atoms with Gasteiger partial charge in [0.1, 0.15) is 12.4 Å². The van der Waals surface area contributed by atoms with E-state index in [9.17, 15) is 9.18 Å². The van der Waals surface area contributed by atoms with Crippen LogP contribution < -0.4 is 5.32 Å². The van der Waals surface area contributed by atoms with Gasteiger partial charge in [-0.1, -0.05) is 30.3 Å². The normalized spacial score (nSPS) is 17.1. The number of hydrogen-bond donors (Lipinski definition) is 1. The first-order valence-corrected chi connectivity index (χ1v) is 8.37. The molecule has 0 radical (unpaired) electrons. The molecule has 0 bridgehead atoms. The summed E-state index contributed by atoms with van der Waals surface area (Å²) in [5.74, 6) is 0.0397. The van der Waals surface area contributed by atoms with Crippen molar-refractivity contribution in [2.45, 2.75) is 25.5 Å². The number of aromatic nitrogens is 2. The van der Waals surface area contributed by atoms with E-state index in [1.807, 2.05) is 30.3 Å². The molecule has 1 N–H and O–H groups in total. The molecule has 140 valence electrons. The first kappa shape index (κ1) is 20.1. The van der Waals surface area contributed by atoms with Crippen molar-refractivity contribution in [3.8, 4) is 0 Å². The van der Waals surface area contributed by atoms with Gasteiger partial charge in [0.15, 0.2) is 5.82 Å². The lowest BCUT2D eigenvalue weighted by atomic mass is 10.1. The number of hydrogen-bond acceptors (Lipinski definition) is 5. The van der Waals surface area contributed by atoms with Crippen molar-refractivity contribution in [2.24, 2.45) is 0 Å². The minimum atomic E-state index is -0.470. The summed E-state index contributed by atoms with van der Waals surface area (Å²) in [5, 5.41) is 3.31. The van der Waals surface area contributed by atoms with E-state index < -0.39 is 5.82 Å². The molecular formula is C18H22ClFN4O2. The Morgan fingerprint density at radius 2 is 2.00 bits per heavy atom. The summed E-state index contributed by atoms with van der Waals surface area (Å²) < 4.78 is 18.4. The predicted molar refractivity (Wildman–Crippen MR) is 97.5 cm³/mol. The second-order valence-electron chi connectivity index (χ2n) is 5.97. The molecule has 8 heteroatoms. The Bertz CT molecular complexity index is 687. The van der Waals surface area contributed by atoms with Crippen LogP contribution in [0.2, 0.25) is 0 Å². The second kappa shape index (κ2) is 10.0. The molecule has 2 aromatic rings. The maximum Gasteiger partial charge on any atom is 0.410 e. The zero-order valence-electron chi connectivity index (χ0n) is 14.3. The van der Waals surface area contributed by atoms with Gasteiger partial charge in [0.05, 0.1) is 18.4 Å². The van der Waals surface area contributed by atoms with Crippen LogP contribution in [0.25, 0.3) is 0 Å². The number of nitrogens with one attached hydrogen (secondary N) is 1. The zero-order valence-corrected chi connectivity index (χ0v) is 15.1. The van der Waals surface area contributed by atoms with Crippen LogP contribution in [0, 0.1) is 5.82 Å². The zero-order chi connectivity index (χ0) is 17.5. The summed E-state index contributed by atoms with van der Waals surface area (Å²) in [6.45, 7) is 2.31. The number of rotatable bonds is 4. The molecule has 0 saturated carbocycles. The second-order valence-corrected chi connectivity index (χ2v) is 5.97. The number of benzene rings is 1. The van der Waals surface area contributed by atoms with Gasteiger partial charge in [-0.25, -0.2) is 19.2 Å². The van der Waals surface area contributed by atoms with Crippen molar-refractivity contribution in [1.29, 1.82) is 0 Å². The van der Waals surface area contributed by atoms with E-state index >= 15 is 0 Å². The molecule has 1 aliphatic heterocycles. The predicted octanol–water partition coefficient (Wildman–Crippen LogP) is 2.58. The fraction of sp³-hybridized carbons (Fsp3) is 0.389. The number of nitrogens with zero attached hydrogens (tertiary/aromatic N) is 3. The Morgan fingerprint density at radius 3 is 2.73 bits per heavy atom. The highest BCUT2D eigenvalue weighted by molar-refractivity contribution is 5.85. The molecule has 26 heavy (non-hydrogen) atoms. The molecular weight excluding hydrogens is 359 g/mol. The van der Waals surface area contributed by atoms with Crippen LogP contribution in [0.15, 0.2) is 42.7 Å². The molecule has 0 spiro atoms. The van der Waals surface area contributed by atoms with Gasteiger partial charge in [0, 0.05) is 19.5 Å². The summed E-state index contributed by atoms with van der Waals surface area (Å²) in [4.78, 5) is 22.3. The number of amides is 1. The lowest BCUT2D eigenvalue weighted by Crippen LogP contribution is -2.45. The van der Waals surface area contributed by atoms with Crippen LogP contribution in [-0.4, -0.2) is 46.6 Å². The average Bonchev–Trinajstić information content (AvgIpc) is 2.88. The Hall–Kier alpha value is -2.25. The van der Waals surface area contributed by atoms with Crippen LogP contribution in [0.3, 0.4) is 0 Å². The molecule has 6 nitrogen and oxygen atoms in total. The average molecular weight is 381 g/mol.